The quantitative estimate of drug-likeness (QED) is 0.803. The van der Waals surface area contributed by atoms with Gasteiger partial charge >= 0.3 is 0 Å². The Balaban J connectivity index is 1.85. The largest absolute Gasteiger partial charge is 0.497 e. The van der Waals surface area contributed by atoms with Crippen molar-refractivity contribution in [3.05, 3.63) is 64.7 Å². The first-order valence-corrected chi connectivity index (χ1v) is 9.39. The Morgan fingerprint density at radius 2 is 2.08 bits per heavy atom. The van der Waals surface area contributed by atoms with Gasteiger partial charge in [0.25, 0.3) is 0 Å². The number of hydrogen-bond acceptors (Lipinski definition) is 3. The van der Waals surface area contributed by atoms with Crippen LogP contribution in [-0.2, 0) is 4.79 Å². The maximum absolute atomic E-state index is 12.7. The number of nitrogens with two attached hydrogens (primary N) is 1. The molecule has 0 aliphatic heterocycles. The van der Waals surface area contributed by atoms with Gasteiger partial charge in [0.15, 0.2) is 0 Å². The molecule has 3 atom stereocenters. The number of nitrogens with one attached hydrogen (secondary N) is 1. The van der Waals surface area contributed by atoms with Crippen LogP contribution in [0.3, 0.4) is 0 Å². The van der Waals surface area contributed by atoms with Gasteiger partial charge in [-0.3, -0.25) is 4.79 Å². The highest BCUT2D eigenvalue weighted by Gasteiger charge is 2.27. The van der Waals surface area contributed by atoms with Gasteiger partial charge < -0.3 is 15.8 Å². The zero-order valence-corrected chi connectivity index (χ0v) is 15.7. The van der Waals surface area contributed by atoms with E-state index in [1.807, 2.05) is 48.5 Å². The van der Waals surface area contributed by atoms with Gasteiger partial charge in [0.1, 0.15) is 5.75 Å². The number of amides is 1. The van der Waals surface area contributed by atoms with Crippen LogP contribution in [0.4, 0.5) is 0 Å². The molecule has 5 heteroatoms. The van der Waals surface area contributed by atoms with Gasteiger partial charge in [-0.1, -0.05) is 48.4 Å². The lowest BCUT2D eigenvalue weighted by molar-refractivity contribution is -0.122. The summed E-state index contributed by atoms with van der Waals surface area (Å²) >= 11 is 6.42. The van der Waals surface area contributed by atoms with Crippen LogP contribution in [-0.4, -0.2) is 19.1 Å². The molecule has 0 radical (unpaired) electrons. The molecular weight excluding hydrogens is 348 g/mol. The van der Waals surface area contributed by atoms with E-state index in [-0.39, 0.29) is 23.9 Å². The minimum Gasteiger partial charge on any atom is -0.497 e. The van der Waals surface area contributed by atoms with Gasteiger partial charge in [-0.25, -0.2) is 0 Å². The molecule has 0 bridgehead atoms. The standard InChI is InChI=1S/C21H25ClN2O2/c1-26-16-8-4-7-15(12-16)21(17-9-2-3-10-18(17)22)24-20(25)13-14-6-5-11-19(14)23/h2-4,7-10,12,14,19,21H,5-6,11,13,23H2,1H3,(H,24,25)/t14-,19+,21?/m0/s1. The highest BCUT2D eigenvalue weighted by atomic mass is 35.5. The van der Waals surface area contributed by atoms with Crippen LogP contribution >= 0.6 is 11.6 Å². The van der Waals surface area contributed by atoms with Crippen LogP contribution in [0.2, 0.25) is 5.02 Å². The Labute approximate surface area is 159 Å². The third-order valence-corrected chi connectivity index (χ3v) is 5.46. The van der Waals surface area contributed by atoms with Crippen LogP contribution in [0, 0.1) is 5.92 Å². The van der Waals surface area contributed by atoms with E-state index in [1.165, 1.54) is 0 Å². The molecule has 26 heavy (non-hydrogen) atoms. The fraction of sp³-hybridized carbons (Fsp3) is 0.381. The molecule has 4 nitrogen and oxygen atoms in total. The first-order chi connectivity index (χ1) is 12.6. The second kappa shape index (κ2) is 8.56. The van der Waals surface area contributed by atoms with E-state index in [4.69, 9.17) is 22.1 Å². The minimum absolute atomic E-state index is 0.0000830. The Morgan fingerprint density at radius 3 is 2.77 bits per heavy atom. The lowest BCUT2D eigenvalue weighted by Crippen LogP contribution is -2.34. The average Bonchev–Trinajstić information content (AvgIpc) is 3.05. The third-order valence-electron chi connectivity index (χ3n) is 5.11. The van der Waals surface area contributed by atoms with Crippen molar-refractivity contribution in [1.29, 1.82) is 0 Å². The van der Waals surface area contributed by atoms with E-state index in [0.29, 0.717) is 11.4 Å². The minimum atomic E-state index is -0.330. The summed E-state index contributed by atoms with van der Waals surface area (Å²) < 4.78 is 5.34. The summed E-state index contributed by atoms with van der Waals surface area (Å²) in [4.78, 5) is 12.7. The van der Waals surface area contributed by atoms with Crippen molar-refractivity contribution in [3.8, 4) is 5.75 Å². The highest BCUT2D eigenvalue weighted by molar-refractivity contribution is 6.31. The molecule has 2 aromatic rings. The normalized spacial score (nSPS) is 20.6. The molecule has 1 aliphatic carbocycles. The maximum Gasteiger partial charge on any atom is 0.221 e. The Hall–Kier alpha value is -2.04. The van der Waals surface area contributed by atoms with Gasteiger partial charge in [-0.05, 0) is 48.1 Å². The van der Waals surface area contributed by atoms with Gasteiger partial charge in [-0.2, -0.15) is 0 Å². The molecular formula is C21H25ClN2O2. The van der Waals surface area contributed by atoms with Crippen molar-refractivity contribution >= 4 is 17.5 Å². The number of methoxy groups -OCH3 is 1. The smallest absolute Gasteiger partial charge is 0.221 e. The van der Waals surface area contributed by atoms with Crippen LogP contribution in [0.5, 0.6) is 5.75 Å². The average molecular weight is 373 g/mol. The molecule has 1 amide bonds. The zero-order chi connectivity index (χ0) is 18.5. The van der Waals surface area contributed by atoms with Crippen molar-refractivity contribution < 1.29 is 9.53 Å². The SMILES string of the molecule is COc1cccc(C(NC(=O)C[C@@H]2CCC[C@H]2N)c2ccccc2Cl)c1. The summed E-state index contributed by atoms with van der Waals surface area (Å²) in [6.45, 7) is 0. The molecule has 2 aromatic carbocycles. The van der Waals surface area contributed by atoms with E-state index in [0.717, 1.165) is 36.1 Å². The molecule has 1 aliphatic rings. The molecule has 0 heterocycles. The molecule has 0 aromatic heterocycles. The second-order valence-electron chi connectivity index (χ2n) is 6.86. The third kappa shape index (κ3) is 4.37. The first kappa shape index (κ1) is 18.7. The van der Waals surface area contributed by atoms with Gasteiger partial charge in [0.2, 0.25) is 5.91 Å². The summed E-state index contributed by atoms with van der Waals surface area (Å²) in [5.74, 6) is 0.999. The summed E-state index contributed by atoms with van der Waals surface area (Å²) in [7, 11) is 1.63. The summed E-state index contributed by atoms with van der Waals surface area (Å²) in [5, 5.41) is 3.78. The van der Waals surface area contributed by atoms with Crippen LogP contribution in [0.1, 0.15) is 42.9 Å². The van der Waals surface area contributed by atoms with Gasteiger partial charge in [-0.15, -0.1) is 0 Å². The van der Waals surface area contributed by atoms with Crippen LogP contribution < -0.4 is 15.8 Å². The number of rotatable bonds is 6. The van der Waals surface area contributed by atoms with Gasteiger partial charge in [0.05, 0.1) is 13.2 Å². The Morgan fingerprint density at radius 1 is 1.27 bits per heavy atom. The van der Waals surface area contributed by atoms with Crippen molar-refractivity contribution in [3.63, 3.8) is 0 Å². The Bertz CT molecular complexity index is 765. The number of benzene rings is 2. The van der Waals surface area contributed by atoms with E-state index >= 15 is 0 Å². The predicted molar refractivity (Wildman–Crippen MR) is 104 cm³/mol. The lowest BCUT2D eigenvalue weighted by atomic mass is 9.96. The number of ether oxygens (including phenoxy) is 1. The van der Waals surface area contributed by atoms with Crippen molar-refractivity contribution in [2.24, 2.45) is 11.7 Å². The van der Waals surface area contributed by atoms with E-state index in [1.54, 1.807) is 7.11 Å². The number of halogens is 1. The monoisotopic (exact) mass is 372 g/mol. The molecule has 0 spiro atoms. The number of carbonyl (C=O) groups is 1. The highest BCUT2D eigenvalue weighted by Crippen LogP contribution is 2.31. The predicted octanol–water partition coefficient (Wildman–Crippen LogP) is 4.07. The van der Waals surface area contributed by atoms with Crippen LogP contribution in [0.15, 0.2) is 48.5 Å². The Kier molecular flexibility index (Phi) is 6.17. The van der Waals surface area contributed by atoms with E-state index in [2.05, 4.69) is 5.32 Å². The summed E-state index contributed by atoms with van der Waals surface area (Å²) in [6.07, 6.45) is 3.57. The zero-order valence-electron chi connectivity index (χ0n) is 15.0. The van der Waals surface area contributed by atoms with E-state index < -0.39 is 0 Å². The topological polar surface area (TPSA) is 64.3 Å². The molecule has 138 valence electrons. The molecule has 3 rings (SSSR count). The summed E-state index contributed by atoms with van der Waals surface area (Å²) in [6, 6.07) is 15.1. The van der Waals surface area contributed by atoms with Crippen molar-refractivity contribution in [2.75, 3.05) is 7.11 Å². The summed E-state index contributed by atoms with van der Waals surface area (Å²) in [5.41, 5.74) is 7.92. The molecule has 3 N–H and O–H groups in total. The number of hydrogen-bond donors (Lipinski definition) is 2. The fourth-order valence-electron chi connectivity index (χ4n) is 3.65. The maximum atomic E-state index is 12.7. The second-order valence-corrected chi connectivity index (χ2v) is 7.26. The van der Waals surface area contributed by atoms with Crippen molar-refractivity contribution in [2.45, 2.75) is 37.8 Å². The molecule has 1 saturated carbocycles. The molecule has 1 fully saturated rings. The first-order valence-electron chi connectivity index (χ1n) is 9.02. The molecule has 0 saturated heterocycles. The van der Waals surface area contributed by atoms with Gasteiger partial charge in [0, 0.05) is 17.5 Å². The fourth-order valence-corrected chi connectivity index (χ4v) is 3.89. The van der Waals surface area contributed by atoms with Crippen molar-refractivity contribution in [1.82, 2.24) is 5.32 Å². The lowest BCUT2D eigenvalue weighted by Gasteiger charge is -2.23. The molecule has 1 unspecified atom stereocenters. The van der Waals surface area contributed by atoms with Crippen LogP contribution in [0.25, 0.3) is 0 Å². The number of carbonyl (C=O) groups excluding carboxylic acids is 1. The van der Waals surface area contributed by atoms with E-state index in [9.17, 15) is 4.79 Å².